The number of halogens is 2. The second kappa shape index (κ2) is 8.57. The summed E-state index contributed by atoms with van der Waals surface area (Å²) in [6.45, 7) is 2.21. The van der Waals surface area contributed by atoms with E-state index >= 15 is 0 Å². The molecule has 0 atom stereocenters. The molecule has 0 spiro atoms. The maximum Gasteiger partial charge on any atom is 0.159 e. The van der Waals surface area contributed by atoms with Gasteiger partial charge in [-0.15, -0.1) is 0 Å². The Morgan fingerprint density at radius 3 is 2.23 bits per heavy atom. The largest absolute Gasteiger partial charge is 0.236 e. The molecule has 2 aromatic rings. The lowest BCUT2D eigenvalue weighted by atomic mass is 10.1. The molecule has 0 bridgehead atoms. The Kier molecular flexibility index (Phi) is 6.44. The third kappa shape index (κ3) is 4.86. The summed E-state index contributed by atoms with van der Waals surface area (Å²) in [6.07, 6.45) is 12.0. The van der Waals surface area contributed by atoms with Gasteiger partial charge in [0.05, 0.1) is 0 Å². The Morgan fingerprint density at radius 1 is 0.864 bits per heavy atom. The molecule has 0 saturated heterocycles. The third-order valence-corrected chi connectivity index (χ3v) is 3.70. The Morgan fingerprint density at radius 2 is 1.55 bits per heavy atom. The van der Waals surface area contributed by atoms with Crippen LogP contribution in [0.1, 0.15) is 51.0 Å². The molecule has 1 aromatic heterocycles. The smallest absolute Gasteiger partial charge is 0.159 e. The van der Waals surface area contributed by atoms with Crippen LogP contribution < -0.4 is 0 Å². The lowest BCUT2D eigenvalue weighted by molar-refractivity contribution is 0.509. The summed E-state index contributed by atoms with van der Waals surface area (Å²) in [7, 11) is 0. The predicted molar refractivity (Wildman–Crippen MR) is 84.5 cm³/mol. The molecular formula is C18H22F2N2. The van der Waals surface area contributed by atoms with Crippen LogP contribution in [0.3, 0.4) is 0 Å². The van der Waals surface area contributed by atoms with Crippen molar-refractivity contribution in [2.24, 2.45) is 0 Å². The molecule has 4 heteroatoms. The molecule has 0 unspecified atom stereocenters. The molecule has 0 amide bonds. The van der Waals surface area contributed by atoms with Crippen molar-refractivity contribution in [1.29, 1.82) is 0 Å². The Bertz CT molecular complexity index is 582. The van der Waals surface area contributed by atoms with Crippen LogP contribution in [0.5, 0.6) is 0 Å². The number of aryl methyl sites for hydroxylation is 1. The van der Waals surface area contributed by atoms with Crippen molar-refractivity contribution in [3.63, 3.8) is 0 Å². The molecule has 0 fully saturated rings. The van der Waals surface area contributed by atoms with Crippen molar-refractivity contribution in [2.75, 3.05) is 0 Å². The first-order valence-electron chi connectivity index (χ1n) is 7.97. The molecule has 0 aliphatic carbocycles. The van der Waals surface area contributed by atoms with Crippen molar-refractivity contribution in [1.82, 2.24) is 9.97 Å². The molecule has 2 nitrogen and oxygen atoms in total. The summed E-state index contributed by atoms with van der Waals surface area (Å²) in [5, 5.41) is 0. The van der Waals surface area contributed by atoms with Gasteiger partial charge in [0.2, 0.25) is 0 Å². The Hall–Kier alpha value is -1.84. The van der Waals surface area contributed by atoms with Crippen LogP contribution in [0.2, 0.25) is 0 Å². The van der Waals surface area contributed by atoms with E-state index in [0.717, 1.165) is 30.5 Å². The fourth-order valence-electron chi connectivity index (χ4n) is 2.38. The van der Waals surface area contributed by atoms with E-state index in [0.29, 0.717) is 11.4 Å². The summed E-state index contributed by atoms with van der Waals surface area (Å²) in [6, 6.07) is 3.71. The fourth-order valence-corrected chi connectivity index (χ4v) is 2.38. The summed E-state index contributed by atoms with van der Waals surface area (Å²) >= 11 is 0. The number of nitrogens with zero attached hydrogens (tertiary/aromatic N) is 2. The molecule has 0 aliphatic heterocycles. The number of hydrogen-bond donors (Lipinski definition) is 0. The minimum Gasteiger partial charge on any atom is -0.236 e. The van der Waals surface area contributed by atoms with Gasteiger partial charge in [-0.3, -0.25) is 0 Å². The highest BCUT2D eigenvalue weighted by Crippen LogP contribution is 2.18. The summed E-state index contributed by atoms with van der Waals surface area (Å²) in [5.41, 5.74) is 1.58. The van der Waals surface area contributed by atoms with Crippen LogP contribution in [-0.2, 0) is 6.42 Å². The number of benzene rings is 1. The van der Waals surface area contributed by atoms with Gasteiger partial charge >= 0.3 is 0 Å². The SMILES string of the molecule is CCCCCCCCc1cnc(-c2ccc(F)c(F)c2)nc1. The lowest BCUT2D eigenvalue weighted by Gasteiger charge is -2.04. The highest BCUT2D eigenvalue weighted by molar-refractivity contribution is 5.54. The molecule has 0 aliphatic rings. The molecule has 0 N–H and O–H groups in total. The quantitative estimate of drug-likeness (QED) is 0.616. The van der Waals surface area contributed by atoms with E-state index in [1.807, 2.05) is 0 Å². The third-order valence-electron chi connectivity index (χ3n) is 3.70. The van der Waals surface area contributed by atoms with Gasteiger partial charge in [0.1, 0.15) is 0 Å². The zero-order valence-corrected chi connectivity index (χ0v) is 13.0. The predicted octanol–water partition coefficient (Wildman–Crippen LogP) is 5.32. The van der Waals surface area contributed by atoms with Crippen molar-refractivity contribution in [3.8, 4) is 11.4 Å². The van der Waals surface area contributed by atoms with E-state index in [2.05, 4.69) is 16.9 Å². The molecule has 2 rings (SSSR count). The average Bonchev–Trinajstić information content (AvgIpc) is 2.54. The first kappa shape index (κ1) is 16.5. The van der Waals surface area contributed by atoms with Gasteiger partial charge < -0.3 is 0 Å². The molecular weight excluding hydrogens is 282 g/mol. The van der Waals surface area contributed by atoms with E-state index in [1.165, 1.54) is 38.2 Å². The van der Waals surface area contributed by atoms with Crippen LogP contribution in [0.4, 0.5) is 8.78 Å². The molecule has 22 heavy (non-hydrogen) atoms. The normalized spacial score (nSPS) is 10.9. The number of rotatable bonds is 8. The summed E-state index contributed by atoms with van der Waals surface area (Å²) < 4.78 is 26.1. The van der Waals surface area contributed by atoms with E-state index in [4.69, 9.17) is 0 Å². The zero-order chi connectivity index (χ0) is 15.8. The molecule has 118 valence electrons. The number of hydrogen-bond acceptors (Lipinski definition) is 2. The molecule has 0 radical (unpaired) electrons. The van der Waals surface area contributed by atoms with E-state index < -0.39 is 11.6 Å². The zero-order valence-electron chi connectivity index (χ0n) is 13.0. The van der Waals surface area contributed by atoms with Crippen LogP contribution in [0.15, 0.2) is 30.6 Å². The first-order chi connectivity index (χ1) is 10.7. The van der Waals surface area contributed by atoms with Crippen molar-refractivity contribution < 1.29 is 8.78 Å². The molecule has 1 heterocycles. The maximum atomic E-state index is 13.2. The standard InChI is InChI=1S/C18H22F2N2/c1-2-3-4-5-6-7-8-14-12-21-18(22-13-14)15-9-10-16(19)17(20)11-15/h9-13H,2-8H2,1H3. The fraction of sp³-hybridized carbons (Fsp3) is 0.444. The minimum absolute atomic E-state index is 0.422. The summed E-state index contributed by atoms with van der Waals surface area (Å²) in [5.74, 6) is -1.31. The lowest BCUT2D eigenvalue weighted by Crippen LogP contribution is -1.94. The van der Waals surface area contributed by atoms with Crippen LogP contribution in [0, 0.1) is 11.6 Å². The average molecular weight is 304 g/mol. The van der Waals surface area contributed by atoms with Gasteiger partial charge in [-0.1, -0.05) is 39.0 Å². The van der Waals surface area contributed by atoms with E-state index in [9.17, 15) is 8.78 Å². The molecule has 0 saturated carbocycles. The van der Waals surface area contributed by atoms with Crippen LogP contribution in [0.25, 0.3) is 11.4 Å². The van der Waals surface area contributed by atoms with E-state index in [-0.39, 0.29) is 0 Å². The Balaban J connectivity index is 1.86. The van der Waals surface area contributed by atoms with Crippen LogP contribution >= 0.6 is 0 Å². The first-order valence-corrected chi connectivity index (χ1v) is 7.97. The highest BCUT2D eigenvalue weighted by Gasteiger charge is 2.06. The van der Waals surface area contributed by atoms with Gasteiger partial charge in [0.15, 0.2) is 17.5 Å². The van der Waals surface area contributed by atoms with Gasteiger partial charge in [0, 0.05) is 18.0 Å². The monoisotopic (exact) mass is 304 g/mol. The van der Waals surface area contributed by atoms with Gasteiger partial charge in [-0.25, -0.2) is 18.7 Å². The Labute approximate surface area is 130 Å². The highest BCUT2D eigenvalue weighted by atomic mass is 19.2. The second-order valence-corrected chi connectivity index (χ2v) is 5.56. The topological polar surface area (TPSA) is 25.8 Å². The van der Waals surface area contributed by atoms with Gasteiger partial charge in [0.25, 0.3) is 0 Å². The molecule has 1 aromatic carbocycles. The van der Waals surface area contributed by atoms with E-state index in [1.54, 1.807) is 12.4 Å². The van der Waals surface area contributed by atoms with Crippen molar-refractivity contribution >= 4 is 0 Å². The van der Waals surface area contributed by atoms with Gasteiger partial charge in [-0.05, 0) is 36.6 Å². The minimum atomic E-state index is -0.878. The number of aromatic nitrogens is 2. The number of unbranched alkanes of at least 4 members (excludes halogenated alkanes) is 5. The van der Waals surface area contributed by atoms with Crippen molar-refractivity contribution in [3.05, 3.63) is 47.8 Å². The van der Waals surface area contributed by atoms with Crippen LogP contribution in [-0.4, -0.2) is 9.97 Å². The second-order valence-electron chi connectivity index (χ2n) is 5.56. The van der Waals surface area contributed by atoms with Gasteiger partial charge in [-0.2, -0.15) is 0 Å². The summed E-state index contributed by atoms with van der Waals surface area (Å²) in [4.78, 5) is 8.50. The van der Waals surface area contributed by atoms with Crippen molar-refractivity contribution in [2.45, 2.75) is 51.9 Å². The maximum absolute atomic E-state index is 13.2.